The summed E-state index contributed by atoms with van der Waals surface area (Å²) < 4.78 is 5.48. The lowest BCUT2D eigenvalue weighted by atomic mass is 9.87. The predicted molar refractivity (Wildman–Crippen MR) is 89.5 cm³/mol. The Kier molecular flexibility index (Phi) is 3.48. The molecule has 2 aromatic rings. The number of carbonyl (C=O) groups is 2. The Morgan fingerprint density at radius 3 is 2.84 bits per heavy atom. The van der Waals surface area contributed by atoms with Crippen molar-refractivity contribution in [1.29, 1.82) is 0 Å². The molecule has 1 unspecified atom stereocenters. The Morgan fingerprint density at radius 1 is 1.32 bits per heavy atom. The minimum absolute atomic E-state index is 0.0333. The molecule has 0 aromatic carbocycles. The highest BCUT2D eigenvalue weighted by Gasteiger charge is 2.36. The van der Waals surface area contributed by atoms with Crippen LogP contribution in [0.5, 0.6) is 5.88 Å². The summed E-state index contributed by atoms with van der Waals surface area (Å²) in [6.45, 7) is 4.43. The van der Waals surface area contributed by atoms with Crippen LogP contribution in [0.4, 0.5) is 5.82 Å². The molecule has 0 saturated carbocycles. The van der Waals surface area contributed by atoms with Gasteiger partial charge in [0.05, 0.1) is 31.1 Å². The molecule has 0 spiro atoms. The number of anilines is 1. The van der Waals surface area contributed by atoms with Crippen LogP contribution in [-0.2, 0) is 11.3 Å². The lowest BCUT2D eigenvalue weighted by Gasteiger charge is -2.23. The van der Waals surface area contributed by atoms with Crippen molar-refractivity contribution in [2.75, 3.05) is 12.4 Å². The smallest absolute Gasteiger partial charge is 0.256 e. The molecule has 0 bridgehead atoms. The molecule has 0 fully saturated rings. The maximum Gasteiger partial charge on any atom is 0.256 e. The van der Waals surface area contributed by atoms with Gasteiger partial charge < -0.3 is 15.0 Å². The van der Waals surface area contributed by atoms with Crippen molar-refractivity contribution in [2.45, 2.75) is 38.8 Å². The topological polar surface area (TPSA) is 100 Å². The molecule has 1 atom stereocenters. The van der Waals surface area contributed by atoms with Crippen LogP contribution in [0.1, 0.15) is 53.4 Å². The second-order valence-corrected chi connectivity index (χ2v) is 6.61. The number of ether oxygens (including phenoxy) is 1. The maximum absolute atomic E-state index is 12.7. The van der Waals surface area contributed by atoms with E-state index in [0.29, 0.717) is 29.5 Å². The van der Waals surface area contributed by atoms with Gasteiger partial charge in [-0.05, 0) is 19.9 Å². The van der Waals surface area contributed by atoms with Crippen LogP contribution in [0.25, 0.3) is 0 Å². The molecule has 0 saturated heterocycles. The van der Waals surface area contributed by atoms with Gasteiger partial charge >= 0.3 is 0 Å². The lowest BCUT2D eigenvalue weighted by Crippen LogP contribution is -2.30. The number of hydrogen-bond donors (Lipinski definition) is 2. The zero-order valence-corrected chi connectivity index (χ0v) is 14.3. The molecular formula is C17H19N5O3. The number of carbonyl (C=O) groups excluding carboxylic acids is 2. The standard InChI is InChI=1S/C17H19N5O3/c1-8(2)22-7-13-11(17(22)24)4-10(16(19-13)25-3)9-5-14(23)20-15-12(9)6-18-21-15/h4,6,8-9H,5,7H2,1-3H3,(H2,18,20,21,23). The number of pyridine rings is 1. The van der Waals surface area contributed by atoms with Gasteiger partial charge in [-0.1, -0.05) is 0 Å². The van der Waals surface area contributed by atoms with E-state index in [9.17, 15) is 9.59 Å². The maximum atomic E-state index is 12.7. The third-order valence-electron chi connectivity index (χ3n) is 4.80. The van der Waals surface area contributed by atoms with Gasteiger partial charge in [0.2, 0.25) is 11.8 Å². The Morgan fingerprint density at radius 2 is 2.12 bits per heavy atom. The van der Waals surface area contributed by atoms with Gasteiger partial charge in [0.1, 0.15) is 5.82 Å². The first-order valence-corrected chi connectivity index (χ1v) is 8.21. The lowest BCUT2D eigenvalue weighted by molar-refractivity contribution is -0.116. The van der Waals surface area contributed by atoms with Gasteiger partial charge in [0.25, 0.3) is 5.91 Å². The minimum atomic E-state index is -0.254. The van der Waals surface area contributed by atoms with E-state index < -0.39 is 0 Å². The van der Waals surface area contributed by atoms with Gasteiger partial charge in [-0.3, -0.25) is 14.7 Å². The van der Waals surface area contributed by atoms with Gasteiger partial charge in [0.15, 0.2) is 0 Å². The summed E-state index contributed by atoms with van der Waals surface area (Å²) in [6.07, 6.45) is 1.94. The van der Waals surface area contributed by atoms with Gasteiger partial charge in [-0.15, -0.1) is 0 Å². The average Bonchev–Trinajstić information content (AvgIpc) is 3.17. The minimum Gasteiger partial charge on any atom is -0.481 e. The van der Waals surface area contributed by atoms with Crippen LogP contribution in [0.2, 0.25) is 0 Å². The number of nitrogens with one attached hydrogen (secondary N) is 2. The first-order chi connectivity index (χ1) is 12.0. The largest absolute Gasteiger partial charge is 0.481 e. The van der Waals surface area contributed by atoms with Crippen molar-refractivity contribution in [3.63, 3.8) is 0 Å². The molecule has 0 radical (unpaired) electrons. The highest BCUT2D eigenvalue weighted by atomic mass is 16.5. The van der Waals surface area contributed by atoms with Crippen molar-refractivity contribution >= 4 is 17.6 Å². The number of methoxy groups -OCH3 is 1. The molecule has 130 valence electrons. The molecular weight excluding hydrogens is 322 g/mol. The number of H-pyrrole nitrogens is 1. The number of amides is 2. The van der Waals surface area contributed by atoms with Gasteiger partial charge in [-0.2, -0.15) is 5.10 Å². The molecule has 4 heterocycles. The van der Waals surface area contributed by atoms with Crippen molar-refractivity contribution in [3.05, 3.63) is 34.6 Å². The first kappa shape index (κ1) is 15.6. The van der Waals surface area contributed by atoms with E-state index >= 15 is 0 Å². The number of nitrogens with zero attached hydrogens (tertiary/aromatic N) is 3. The van der Waals surface area contributed by atoms with Crippen molar-refractivity contribution in [1.82, 2.24) is 20.1 Å². The van der Waals surface area contributed by atoms with Crippen molar-refractivity contribution < 1.29 is 14.3 Å². The number of fused-ring (bicyclic) bond motifs is 2. The fourth-order valence-electron chi connectivity index (χ4n) is 3.49. The summed E-state index contributed by atoms with van der Waals surface area (Å²) in [5, 5.41) is 9.57. The fraction of sp³-hybridized carbons (Fsp3) is 0.412. The van der Waals surface area contributed by atoms with E-state index in [1.54, 1.807) is 18.2 Å². The molecule has 8 heteroatoms. The van der Waals surface area contributed by atoms with Crippen LogP contribution in [0.15, 0.2) is 12.3 Å². The second kappa shape index (κ2) is 5.58. The van der Waals surface area contributed by atoms with Crippen molar-refractivity contribution in [3.8, 4) is 5.88 Å². The van der Waals surface area contributed by atoms with Crippen LogP contribution in [-0.4, -0.2) is 45.0 Å². The van der Waals surface area contributed by atoms with E-state index in [-0.39, 0.29) is 30.2 Å². The summed E-state index contributed by atoms with van der Waals surface area (Å²) in [5.41, 5.74) is 2.90. The SMILES string of the molecule is COc1nc2c(cc1C1CC(=O)Nc3[nH]ncc31)C(=O)N(C(C)C)C2. The summed E-state index contributed by atoms with van der Waals surface area (Å²) in [4.78, 5) is 31.1. The Labute approximate surface area is 144 Å². The van der Waals surface area contributed by atoms with E-state index in [4.69, 9.17) is 4.74 Å². The second-order valence-electron chi connectivity index (χ2n) is 6.61. The summed E-state index contributed by atoms with van der Waals surface area (Å²) in [7, 11) is 1.55. The summed E-state index contributed by atoms with van der Waals surface area (Å²) >= 11 is 0. The Bertz CT molecular complexity index is 873. The van der Waals surface area contributed by atoms with Crippen LogP contribution in [0.3, 0.4) is 0 Å². The predicted octanol–water partition coefficient (Wildman–Crippen LogP) is 1.65. The van der Waals surface area contributed by atoms with E-state index in [1.165, 1.54) is 0 Å². The summed E-state index contributed by atoms with van der Waals surface area (Å²) in [5.74, 6) is 0.632. The highest BCUT2D eigenvalue weighted by Crippen LogP contribution is 2.41. The molecule has 2 aliphatic rings. The molecule has 25 heavy (non-hydrogen) atoms. The van der Waals surface area contributed by atoms with E-state index in [0.717, 1.165) is 11.1 Å². The normalized spacial score (nSPS) is 19.0. The number of aromatic amines is 1. The monoisotopic (exact) mass is 341 g/mol. The Balaban J connectivity index is 1.83. The first-order valence-electron chi connectivity index (χ1n) is 8.21. The molecule has 2 aromatic heterocycles. The van der Waals surface area contributed by atoms with Crippen LogP contribution < -0.4 is 10.1 Å². The molecule has 0 aliphatic carbocycles. The molecule has 8 nitrogen and oxygen atoms in total. The van der Waals surface area contributed by atoms with Crippen LogP contribution in [0, 0.1) is 0 Å². The van der Waals surface area contributed by atoms with E-state index in [2.05, 4.69) is 20.5 Å². The van der Waals surface area contributed by atoms with Crippen LogP contribution >= 0.6 is 0 Å². The quantitative estimate of drug-likeness (QED) is 0.884. The zero-order chi connectivity index (χ0) is 17.7. The molecule has 2 N–H and O–H groups in total. The van der Waals surface area contributed by atoms with Crippen molar-refractivity contribution in [2.24, 2.45) is 0 Å². The highest BCUT2D eigenvalue weighted by molar-refractivity contribution is 5.99. The molecule has 2 aliphatic heterocycles. The fourth-order valence-corrected chi connectivity index (χ4v) is 3.49. The molecule has 4 rings (SSSR count). The third-order valence-corrected chi connectivity index (χ3v) is 4.80. The zero-order valence-electron chi connectivity index (χ0n) is 14.3. The Hall–Kier alpha value is -2.90. The number of hydrogen-bond acceptors (Lipinski definition) is 5. The number of aromatic nitrogens is 3. The van der Waals surface area contributed by atoms with E-state index in [1.807, 2.05) is 19.9 Å². The molecule has 2 amide bonds. The third kappa shape index (κ3) is 2.36. The average molecular weight is 341 g/mol. The number of rotatable bonds is 3. The van der Waals surface area contributed by atoms with Gasteiger partial charge in [0, 0.05) is 29.5 Å². The summed E-state index contributed by atoms with van der Waals surface area (Å²) in [6, 6.07) is 1.92. The van der Waals surface area contributed by atoms with Gasteiger partial charge in [-0.25, -0.2) is 4.98 Å².